The van der Waals surface area contributed by atoms with Crippen molar-refractivity contribution in [3.05, 3.63) is 45.9 Å². The fraction of sp³-hybridized carbons (Fsp3) is 0.267. The lowest BCUT2D eigenvalue weighted by atomic mass is 10.2. The molecule has 0 bridgehead atoms. The number of aryl methyl sites for hydroxylation is 1. The van der Waals surface area contributed by atoms with Gasteiger partial charge in [-0.1, -0.05) is 0 Å². The second kappa shape index (κ2) is 5.61. The summed E-state index contributed by atoms with van der Waals surface area (Å²) in [5.41, 5.74) is 1.67. The maximum Gasteiger partial charge on any atom is 0.277 e. The lowest BCUT2D eigenvalue weighted by Crippen LogP contribution is -2.22. The van der Waals surface area contributed by atoms with Crippen LogP contribution in [0.25, 0.3) is 17.2 Å². The van der Waals surface area contributed by atoms with Crippen LogP contribution in [0.2, 0.25) is 0 Å². The molecule has 0 atom stereocenters. The van der Waals surface area contributed by atoms with E-state index in [0.29, 0.717) is 22.9 Å². The van der Waals surface area contributed by atoms with E-state index in [9.17, 15) is 4.79 Å². The number of aromatic amines is 1. The zero-order chi connectivity index (χ0) is 15.7. The van der Waals surface area contributed by atoms with E-state index in [1.807, 2.05) is 24.3 Å². The van der Waals surface area contributed by atoms with Crippen molar-refractivity contribution < 1.29 is 9.84 Å². The van der Waals surface area contributed by atoms with E-state index in [4.69, 9.17) is 9.84 Å². The van der Waals surface area contributed by atoms with Crippen molar-refractivity contribution in [2.24, 2.45) is 0 Å². The number of ether oxygens (including phenoxy) is 1. The lowest BCUT2D eigenvalue weighted by molar-refractivity contribution is 0.298. The van der Waals surface area contributed by atoms with Crippen LogP contribution in [0.4, 0.5) is 0 Å². The van der Waals surface area contributed by atoms with Crippen molar-refractivity contribution in [2.75, 3.05) is 13.7 Å². The standard InChI is InChI=1S/C15H16N4O3/c1-9-12(7-8-20)14(21)19-15(16-9)17-13(18-19)10-3-5-11(22-2)6-4-10/h3-6,20H,7-8H2,1-2H3,(H,16,17,18). The Morgan fingerprint density at radius 2 is 2.00 bits per heavy atom. The van der Waals surface area contributed by atoms with E-state index in [0.717, 1.165) is 11.3 Å². The first kappa shape index (κ1) is 14.3. The van der Waals surface area contributed by atoms with Gasteiger partial charge in [-0.2, -0.15) is 9.50 Å². The maximum atomic E-state index is 12.4. The molecule has 0 fully saturated rings. The molecule has 0 amide bonds. The Morgan fingerprint density at radius 3 is 2.64 bits per heavy atom. The smallest absolute Gasteiger partial charge is 0.277 e. The molecule has 0 aliphatic carbocycles. The average molecular weight is 300 g/mol. The molecule has 0 aliphatic heterocycles. The van der Waals surface area contributed by atoms with Crippen molar-refractivity contribution in [3.63, 3.8) is 0 Å². The van der Waals surface area contributed by atoms with Gasteiger partial charge in [-0.05, 0) is 31.2 Å². The van der Waals surface area contributed by atoms with Gasteiger partial charge >= 0.3 is 0 Å². The highest BCUT2D eigenvalue weighted by Crippen LogP contribution is 2.19. The number of H-pyrrole nitrogens is 1. The Morgan fingerprint density at radius 1 is 1.27 bits per heavy atom. The van der Waals surface area contributed by atoms with E-state index >= 15 is 0 Å². The van der Waals surface area contributed by atoms with Crippen molar-refractivity contribution in [2.45, 2.75) is 13.3 Å². The minimum atomic E-state index is -0.233. The number of fused-ring (bicyclic) bond motifs is 1. The molecule has 1 aromatic carbocycles. The second-order valence-corrected chi connectivity index (χ2v) is 4.89. The topological polar surface area (TPSA) is 92.5 Å². The number of aromatic nitrogens is 4. The number of hydrogen-bond donors (Lipinski definition) is 2. The van der Waals surface area contributed by atoms with Crippen LogP contribution in [0.3, 0.4) is 0 Å². The summed E-state index contributed by atoms with van der Waals surface area (Å²) < 4.78 is 6.42. The first-order valence-electron chi connectivity index (χ1n) is 6.87. The second-order valence-electron chi connectivity index (χ2n) is 4.89. The Hall–Kier alpha value is -2.67. The van der Waals surface area contributed by atoms with E-state index in [1.165, 1.54) is 4.52 Å². The predicted octanol–water partition coefficient (Wildman–Crippen LogP) is 0.936. The SMILES string of the molecule is COc1ccc(-c2nc3nc(C)c(CCO)c(=O)n3[nH]2)cc1. The van der Waals surface area contributed by atoms with Gasteiger partial charge in [0.05, 0.1) is 12.8 Å². The molecule has 0 saturated heterocycles. The number of aliphatic hydroxyl groups is 1. The highest BCUT2D eigenvalue weighted by atomic mass is 16.5. The van der Waals surface area contributed by atoms with Gasteiger partial charge in [0.1, 0.15) is 5.75 Å². The number of nitrogens with zero attached hydrogens (tertiary/aromatic N) is 3. The summed E-state index contributed by atoms with van der Waals surface area (Å²) in [5.74, 6) is 1.61. The van der Waals surface area contributed by atoms with Gasteiger partial charge in [0.15, 0.2) is 5.82 Å². The van der Waals surface area contributed by atoms with Crippen LogP contribution in [0.1, 0.15) is 11.3 Å². The summed E-state index contributed by atoms with van der Waals surface area (Å²) in [7, 11) is 1.60. The van der Waals surface area contributed by atoms with Crippen LogP contribution in [0, 0.1) is 6.92 Å². The van der Waals surface area contributed by atoms with E-state index in [1.54, 1.807) is 14.0 Å². The van der Waals surface area contributed by atoms with E-state index < -0.39 is 0 Å². The number of methoxy groups -OCH3 is 1. The fourth-order valence-corrected chi connectivity index (χ4v) is 2.33. The van der Waals surface area contributed by atoms with Crippen molar-refractivity contribution >= 4 is 5.78 Å². The summed E-state index contributed by atoms with van der Waals surface area (Å²) in [6.07, 6.45) is 0.275. The third kappa shape index (κ3) is 2.35. The zero-order valence-corrected chi connectivity index (χ0v) is 12.3. The highest BCUT2D eigenvalue weighted by Gasteiger charge is 2.13. The summed E-state index contributed by atoms with van der Waals surface area (Å²) >= 11 is 0. The van der Waals surface area contributed by atoms with Gasteiger partial charge in [-0.15, -0.1) is 0 Å². The number of aliphatic hydroxyl groups excluding tert-OH is 1. The molecule has 7 heteroatoms. The molecular formula is C15H16N4O3. The molecule has 0 aliphatic rings. The summed E-state index contributed by atoms with van der Waals surface area (Å²) in [5, 5.41) is 12.0. The van der Waals surface area contributed by atoms with Crippen LogP contribution in [-0.4, -0.2) is 38.4 Å². The van der Waals surface area contributed by atoms with Crippen LogP contribution >= 0.6 is 0 Å². The molecule has 114 valence electrons. The normalized spacial score (nSPS) is 11.0. The van der Waals surface area contributed by atoms with Crippen molar-refractivity contribution in [3.8, 4) is 17.1 Å². The molecule has 0 saturated carbocycles. The quantitative estimate of drug-likeness (QED) is 0.748. The Bertz CT molecular complexity index is 865. The molecule has 2 N–H and O–H groups in total. The molecule has 0 spiro atoms. The first-order valence-corrected chi connectivity index (χ1v) is 6.87. The molecule has 0 radical (unpaired) electrons. The molecule has 3 aromatic rings. The fourth-order valence-electron chi connectivity index (χ4n) is 2.33. The molecule has 2 heterocycles. The largest absolute Gasteiger partial charge is 0.497 e. The summed E-state index contributed by atoms with van der Waals surface area (Å²) in [4.78, 5) is 21.1. The van der Waals surface area contributed by atoms with Crippen molar-refractivity contribution in [1.29, 1.82) is 0 Å². The van der Waals surface area contributed by atoms with E-state index in [2.05, 4.69) is 15.1 Å². The third-order valence-electron chi connectivity index (χ3n) is 3.52. The van der Waals surface area contributed by atoms with Crippen LogP contribution in [0.15, 0.2) is 29.1 Å². The third-order valence-corrected chi connectivity index (χ3v) is 3.52. The van der Waals surface area contributed by atoms with Crippen LogP contribution in [-0.2, 0) is 6.42 Å². The lowest BCUT2D eigenvalue weighted by Gasteiger charge is -2.01. The van der Waals surface area contributed by atoms with Gasteiger partial charge in [0, 0.05) is 24.2 Å². The Kier molecular flexibility index (Phi) is 3.64. The summed E-state index contributed by atoms with van der Waals surface area (Å²) in [6, 6.07) is 7.34. The average Bonchev–Trinajstić information content (AvgIpc) is 2.95. The minimum Gasteiger partial charge on any atom is -0.497 e. The predicted molar refractivity (Wildman–Crippen MR) is 81.1 cm³/mol. The molecule has 2 aromatic heterocycles. The van der Waals surface area contributed by atoms with Gasteiger partial charge < -0.3 is 9.84 Å². The maximum absolute atomic E-state index is 12.4. The highest BCUT2D eigenvalue weighted by molar-refractivity contribution is 5.58. The molecule has 22 heavy (non-hydrogen) atoms. The number of benzene rings is 1. The number of rotatable bonds is 4. The monoisotopic (exact) mass is 300 g/mol. The van der Waals surface area contributed by atoms with E-state index in [-0.39, 0.29) is 18.6 Å². The van der Waals surface area contributed by atoms with Gasteiger partial charge in [-0.25, -0.2) is 4.98 Å². The Labute approximate surface area is 126 Å². The Balaban J connectivity index is 2.13. The van der Waals surface area contributed by atoms with Gasteiger partial charge in [0.25, 0.3) is 11.3 Å². The van der Waals surface area contributed by atoms with Gasteiger partial charge in [0.2, 0.25) is 0 Å². The minimum absolute atomic E-state index is 0.0939. The van der Waals surface area contributed by atoms with Crippen LogP contribution < -0.4 is 10.3 Å². The van der Waals surface area contributed by atoms with Gasteiger partial charge in [-0.3, -0.25) is 9.89 Å². The number of hydrogen-bond acceptors (Lipinski definition) is 5. The molecule has 7 nitrogen and oxygen atoms in total. The van der Waals surface area contributed by atoms with Crippen LogP contribution in [0.5, 0.6) is 5.75 Å². The zero-order valence-electron chi connectivity index (χ0n) is 12.3. The number of nitrogens with one attached hydrogen (secondary N) is 1. The molecule has 3 rings (SSSR count). The molecular weight excluding hydrogens is 284 g/mol. The van der Waals surface area contributed by atoms with Crippen molar-refractivity contribution in [1.82, 2.24) is 19.6 Å². The summed E-state index contributed by atoms with van der Waals surface area (Å²) in [6.45, 7) is 1.65. The molecule has 0 unspecified atom stereocenters. The first-order chi connectivity index (χ1) is 10.6.